The zero-order valence-electron chi connectivity index (χ0n) is 19.7. The van der Waals surface area contributed by atoms with Crippen molar-refractivity contribution in [3.63, 3.8) is 0 Å². The van der Waals surface area contributed by atoms with Crippen LogP contribution in [-0.4, -0.2) is 44.8 Å². The van der Waals surface area contributed by atoms with Crippen molar-refractivity contribution in [2.24, 2.45) is 11.7 Å². The molecule has 0 aliphatic heterocycles. The Morgan fingerprint density at radius 1 is 0.973 bits per heavy atom. The smallest absolute Gasteiger partial charge is 0.342 e. The van der Waals surface area contributed by atoms with Gasteiger partial charge in [0.2, 0.25) is 5.43 Å². The summed E-state index contributed by atoms with van der Waals surface area (Å²) in [5, 5.41) is 39.9. The van der Waals surface area contributed by atoms with Crippen LogP contribution in [0.5, 0.6) is 23.0 Å². The standard InChI is InChI=1S/C27H25NO9/c28-14-4-1-12(2-5-14)10-37-27(35)23-22-21(9-20(31)26(23)34)36-11-17(25(22)33)15-6-3-13-7-18(29)19(30)8-16(13)24(15)32/h6-9,11-12,14,29-31,34H,1-5,10,28H2. The first kappa shape index (κ1) is 24.4. The molecule has 37 heavy (non-hydrogen) atoms. The van der Waals surface area contributed by atoms with Gasteiger partial charge in [-0.2, -0.15) is 0 Å². The lowest BCUT2D eigenvalue weighted by Crippen LogP contribution is -2.28. The van der Waals surface area contributed by atoms with Crippen LogP contribution in [0.4, 0.5) is 0 Å². The fourth-order valence-corrected chi connectivity index (χ4v) is 4.95. The van der Waals surface area contributed by atoms with Gasteiger partial charge in [-0.3, -0.25) is 9.59 Å². The molecule has 1 fully saturated rings. The Balaban J connectivity index is 1.54. The van der Waals surface area contributed by atoms with Crippen LogP contribution in [0.15, 0.2) is 39.7 Å². The van der Waals surface area contributed by atoms with Crippen LogP contribution in [0, 0.1) is 5.92 Å². The van der Waals surface area contributed by atoms with E-state index in [0.717, 1.165) is 44.1 Å². The van der Waals surface area contributed by atoms with Crippen LogP contribution < -0.4 is 11.2 Å². The Labute approximate surface area is 210 Å². The lowest BCUT2D eigenvalue weighted by molar-refractivity contribution is 0.0404. The molecule has 0 unspecified atom stereocenters. The summed E-state index contributed by atoms with van der Waals surface area (Å²) in [5.74, 6) is -3.87. The average Bonchev–Trinajstić information content (AvgIpc) is 2.87. The minimum atomic E-state index is -1.01. The number of aromatic hydroxyl groups is 4. The number of carbonyl (C=O) groups is 2. The van der Waals surface area contributed by atoms with Gasteiger partial charge >= 0.3 is 5.97 Å². The zero-order valence-corrected chi connectivity index (χ0v) is 19.7. The van der Waals surface area contributed by atoms with Gasteiger partial charge in [0, 0.05) is 23.2 Å². The maximum Gasteiger partial charge on any atom is 0.342 e. The number of hydrogen-bond acceptors (Lipinski definition) is 10. The van der Waals surface area contributed by atoms with Gasteiger partial charge in [0.15, 0.2) is 28.8 Å². The lowest BCUT2D eigenvalue weighted by atomic mass is 9.86. The number of rotatable bonds is 4. The molecular formula is C27H25NO9. The molecule has 2 aliphatic rings. The Bertz CT molecular complexity index is 1530. The van der Waals surface area contributed by atoms with Crippen molar-refractivity contribution in [1.82, 2.24) is 0 Å². The van der Waals surface area contributed by atoms with E-state index in [1.54, 1.807) is 0 Å². The second-order valence-electron chi connectivity index (χ2n) is 9.50. The molecule has 10 nitrogen and oxygen atoms in total. The molecule has 0 radical (unpaired) electrons. The summed E-state index contributed by atoms with van der Waals surface area (Å²) < 4.78 is 10.9. The third kappa shape index (κ3) is 4.29. The molecule has 2 aromatic carbocycles. The van der Waals surface area contributed by atoms with Crippen LogP contribution in [0.3, 0.4) is 0 Å². The summed E-state index contributed by atoms with van der Waals surface area (Å²) in [6, 6.07) is 3.51. The fraction of sp³-hybridized carbons (Fsp3) is 0.296. The summed E-state index contributed by atoms with van der Waals surface area (Å²) in [6.07, 6.45) is 5.86. The van der Waals surface area contributed by atoms with Gasteiger partial charge < -0.3 is 35.3 Å². The topological polar surface area (TPSA) is 181 Å². The van der Waals surface area contributed by atoms with Crippen molar-refractivity contribution >= 4 is 28.3 Å². The second kappa shape index (κ2) is 9.29. The van der Waals surface area contributed by atoms with Gasteiger partial charge in [-0.05, 0) is 55.7 Å². The normalized spacial score (nSPS) is 19.4. The number of ketones is 1. The summed E-state index contributed by atoms with van der Waals surface area (Å²) in [7, 11) is 0. The number of esters is 1. The predicted molar refractivity (Wildman–Crippen MR) is 132 cm³/mol. The molecule has 1 heterocycles. The minimum Gasteiger partial charge on any atom is -0.504 e. The van der Waals surface area contributed by atoms with Crippen LogP contribution in [-0.2, 0) is 11.2 Å². The predicted octanol–water partition coefficient (Wildman–Crippen LogP) is 3.11. The van der Waals surface area contributed by atoms with E-state index >= 15 is 0 Å². The van der Waals surface area contributed by atoms with Crippen molar-refractivity contribution in [1.29, 1.82) is 0 Å². The number of hydrogen-bond donors (Lipinski definition) is 5. The van der Waals surface area contributed by atoms with Gasteiger partial charge in [0.05, 0.1) is 17.6 Å². The minimum absolute atomic E-state index is 0.0290. The maximum atomic E-state index is 13.6. The molecule has 1 saturated carbocycles. The molecule has 0 saturated heterocycles. The number of carbonyl (C=O) groups excluding carboxylic acids is 2. The van der Waals surface area contributed by atoms with Crippen LogP contribution in [0.25, 0.3) is 16.5 Å². The summed E-state index contributed by atoms with van der Waals surface area (Å²) in [6.45, 7) is 0.0595. The third-order valence-electron chi connectivity index (χ3n) is 7.07. The molecular weight excluding hydrogens is 482 g/mol. The molecule has 0 amide bonds. The lowest BCUT2D eigenvalue weighted by Gasteiger charge is -2.25. The van der Waals surface area contributed by atoms with E-state index in [2.05, 4.69) is 0 Å². The van der Waals surface area contributed by atoms with Crippen molar-refractivity contribution < 1.29 is 39.2 Å². The number of nitrogens with two attached hydrogens (primary N) is 1. The van der Waals surface area contributed by atoms with Crippen molar-refractivity contribution in [2.75, 3.05) is 6.61 Å². The summed E-state index contributed by atoms with van der Waals surface area (Å²) >= 11 is 0. The Morgan fingerprint density at radius 2 is 1.68 bits per heavy atom. The molecule has 0 bridgehead atoms. The molecule has 0 spiro atoms. The fourth-order valence-electron chi connectivity index (χ4n) is 4.95. The molecule has 6 N–H and O–H groups in total. The molecule has 192 valence electrons. The number of ether oxygens (including phenoxy) is 1. The van der Waals surface area contributed by atoms with E-state index in [-0.39, 0.29) is 58.4 Å². The van der Waals surface area contributed by atoms with Gasteiger partial charge in [0.1, 0.15) is 17.4 Å². The number of benzene rings is 2. The van der Waals surface area contributed by atoms with Crippen molar-refractivity contribution in [3.05, 3.63) is 63.0 Å². The number of allylic oxidation sites excluding steroid dienone is 2. The average molecular weight is 507 g/mol. The summed E-state index contributed by atoms with van der Waals surface area (Å²) in [4.78, 5) is 39.8. The number of phenolic OH excluding ortho intramolecular Hbond substituents is 4. The number of fused-ring (bicyclic) bond motifs is 2. The van der Waals surface area contributed by atoms with Crippen LogP contribution in [0.2, 0.25) is 0 Å². The van der Waals surface area contributed by atoms with Gasteiger partial charge in [-0.25, -0.2) is 4.79 Å². The molecule has 0 atom stereocenters. The molecule has 2 aliphatic carbocycles. The first-order valence-electron chi connectivity index (χ1n) is 11.9. The SMILES string of the molecule is NC1CCC(COC(=O)c2c(O)c(O)cc3occ(C4=CCc5cc(O)c(O)cc5C4=O)c(=O)c23)CC1. The highest BCUT2D eigenvalue weighted by molar-refractivity contribution is 6.30. The van der Waals surface area contributed by atoms with Crippen molar-refractivity contribution in [3.8, 4) is 23.0 Å². The number of phenols is 4. The maximum absolute atomic E-state index is 13.6. The molecule has 5 rings (SSSR count). The van der Waals surface area contributed by atoms with E-state index < -0.39 is 40.0 Å². The van der Waals surface area contributed by atoms with Crippen LogP contribution in [0.1, 0.15) is 57.5 Å². The monoisotopic (exact) mass is 507 g/mol. The number of Topliss-reactive ketones (excluding diaryl/α,β-unsaturated/α-hetero) is 1. The Hall–Kier alpha value is -4.31. The highest BCUT2D eigenvalue weighted by atomic mass is 16.5. The Kier molecular flexibility index (Phi) is 6.12. The molecule has 10 heteroatoms. The van der Waals surface area contributed by atoms with Gasteiger partial charge in [0.25, 0.3) is 0 Å². The summed E-state index contributed by atoms with van der Waals surface area (Å²) in [5.41, 5.74) is 4.78. The largest absolute Gasteiger partial charge is 0.504 e. The highest BCUT2D eigenvalue weighted by Crippen LogP contribution is 2.38. The van der Waals surface area contributed by atoms with E-state index in [9.17, 15) is 34.8 Å². The molecule has 1 aromatic heterocycles. The van der Waals surface area contributed by atoms with Gasteiger partial charge in [-0.1, -0.05) is 6.08 Å². The van der Waals surface area contributed by atoms with E-state index in [1.165, 1.54) is 12.1 Å². The third-order valence-corrected chi connectivity index (χ3v) is 7.07. The van der Waals surface area contributed by atoms with Gasteiger partial charge in [-0.15, -0.1) is 0 Å². The molecule has 3 aromatic rings. The van der Waals surface area contributed by atoms with E-state index in [0.29, 0.717) is 5.56 Å². The van der Waals surface area contributed by atoms with E-state index in [4.69, 9.17) is 14.9 Å². The van der Waals surface area contributed by atoms with Crippen molar-refractivity contribution in [2.45, 2.75) is 38.1 Å². The Morgan fingerprint density at radius 3 is 2.41 bits per heavy atom. The zero-order chi connectivity index (χ0) is 26.4. The van der Waals surface area contributed by atoms with Crippen LogP contribution >= 0.6 is 0 Å². The highest BCUT2D eigenvalue weighted by Gasteiger charge is 2.30. The first-order chi connectivity index (χ1) is 17.7. The second-order valence-corrected chi connectivity index (χ2v) is 9.50. The first-order valence-corrected chi connectivity index (χ1v) is 11.9. The van der Waals surface area contributed by atoms with E-state index in [1.807, 2.05) is 0 Å². The quantitative estimate of drug-likeness (QED) is 0.260.